The van der Waals surface area contributed by atoms with Crippen molar-refractivity contribution in [1.29, 1.82) is 0 Å². The normalized spacial score (nSPS) is 11.3. The van der Waals surface area contributed by atoms with Gasteiger partial charge in [-0.1, -0.05) is 32.0 Å². The molecule has 84 valence electrons. The number of aryl methyl sites for hydroxylation is 1. The molecule has 0 saturated heterocycles. The van der Waals surface area contributed by atoms with Gasteiger partial charge in [0.2, 0.25) is 0 Å². The smallest absolute Gasteiger partial charge is 0.176 e. The van der Waals surface area contributed by atoms with Crippen LogP contribution in [0.4, 0.5) is 0 Å². The lowest BCUT2D eigenvalue weighted by Crippen LogP contribution is -2.02. The van der Waals surface area contributed by atoms with Crippen LogP contribution in [0.15, 0.2) is 24.3 Å². The molecule has 1 heterocycles. The maximum atomic E-state index is 11.5. The van der Waals surface area contributed by atoms with Gasteiger partial charge in [-0.2, -0.15) is 0 Å². The first-order valence-corrected chi connectivity index (χ1v) is 5.61. The van der Waals surface area contributed by atoms with Gasteiger partial charge in [0.25, 0.3) is 0 Å². The number of rotatable bonds is 2. The molecule has 0 unspecified atom stereocenters. The second-order valence-electron chi connectivity index (χ2n) is 4.58. The van der Waals surface area contributed by atoms with Crippen LogP contribution in [0.3, 0.4) is 0 Å². The quantitative estimate of drug-likeness (QED) is 0.703. The molecular formula is C14H17NO. The van der Waals surface area contributed by atoms with E-state index in [-0.39, 0.29) is 5.78 Å². The summed E-state index contributed by atoms with van der Waals surface area (Å²) >= 11 is 0. The lowest BCUT2D eigenvalue weighted by atomic mass is 10.0. The molecule has 2 rings (SSSR count). The number of benzene rings is 1. The van der Waals surface area contributed by atoms with Crippen LogP contribution < -0.4 is 0 Å². The molecular weight excluding hydrogens is 198 g/mol. The van der Waals surface area contributed by atoms with Crippen LogP contribution in [0.2, 0.25) is 0 Å². The molecule has 0 spiro atoms. The number of nitrogens with zero attached hydrogens (tertiary/aromatic N) is 1. The molecule has 2 heteroatoms. The summed E-state index contributed by atoms with van der Waals surface area (Å²) in [5.74, 6) is 0.588. The first kappa shape index (κ1) is 10.9. The van der Waals surface area contributed by atoms with Gasteiger partial charge in [-0.15, -0.1) is 0 Å². The molecule has 0 aliphatic rings. The summed E-state index contributed by atoms with van der Waals surface area (Å²) in [4.78, 5) is 11.5. The second kappa shape index (κ2) is 3.78. The molecule has 0 radical (unpaired) electrons. The number of fused-ring (bicyclic) bond motifs is 1. The number of para-hydroxylation sites is 1. The number of hydrogen-bond acceptors (Lipinski definition) is 1. The van der Waals surface area contributed by atoms with Crippen molar-refractivity contribution in [2.75, 3.05) is 0 Å². The molecule has 0 bridgehead atoms. The maximum absolute atomic E-state index is 11.5. The SMILES string of the molecule is CC(=O)c1cc2cccc(C(C)C)c2n1C. The predicted octanol–water partition coefficient (Wildman–Crippen LogP) is 3.50. The van der Waals surface area contributed by atoms with Gasteiger partial charge in [0.15, 0.2) is 5.78 Å². The Kier molecular flexibility index (Phi) is 2.58. The fraction of sp³-hybridized carbons (Fsp3) is 0.357. The number of carbonyl (C=O) groups is 1. The maximum Gasteiger partial charge on any atom is 0.176 e. The van der Waals surface area contributed by atoms with Crippen LogP contribution in [-0.4, -0.2) is 10.4 Å². The van der Waals surface area contributed by atoms with E-state index in [0.29, 0.717) is 5.92 Å². The van der Waals surface area contributed by atoms with Crippen LogP contribution in [0.25, 0.3) is 10.9 Å². The summed E-state index contributed by atoms with van der Waals surface area (Å²) in [5, 5.41) is 1.15. The van der Waals surface area contributed by atoms with E-state index in [2.05, 4.69) is 32.0 Å². The van der Waals surface area contributed by atoms with Gasteiger partial charge in [-0.25, -0.2) is 0 Å². The Morgan fingerprint density at radius 2 is 2.00 bits per heavy atom. The summed E-state index contributed by atoms with van der Waals surface area (Å²) in [7, 11) is 1.96. The third-order valence-corrected chi connectivity index (χ3v) is 3.07. The first-order chi connectivity index (χ1) is 7.52. The van der Waals surface area contributed by atoms with Crippen molar-refractivity contribution < 1.29 is 4.79 Å². The monoisotopic (exact) mass is 215 g/mol. The van der Waals surface area contributed by atoms with Crippen molar-refractivity contribution in [1.82, 2.24) is 4.57 Å². The molecule has 0 atom stereocenters. The van der Waals surface area contributed by atoms with Crippen LogP contribution >= 0.6 is 0 Å². The van der Waals surface area contributed by atoms with Crippen molar-refractivity contribution in [3.05, 3.63) is 35.5 Å². The molecule has 1 aromatic carbocycles. The Bertz CT molecular complexity index is 549. The Hall–Kier alpha value is -1.57. The molecule has 0 saturated carbocycles. The zero-order valence-electron chi connectivity index (χ0n) is 10.2. The highest BCUT2D eigenvalue weighted by Crippen LogP contribution is 2.27. The largest absolute Gasteiger partial charge is 0.341 e. The van der Waals surface area contributed by atoms with Gasteiger partial charge in [0.05, 0.1) is 11.2 Å². The third-order valence-electron chi connectivity index (χ3n) is 3.07. The first-order valence-electron chi connectivity index (χ1n) is 5.61. The Morgan fingerprint density at radius 3 is 2.56 bits per heavy atom. The number of ketones is 1. The average Bonchev–Trinajstić information content (AvgIpc) is 2.56. The van der Waals surface area contributed by atoms with Crippen molar-refractivity contribution >= 4 is 16.7 Å². The summed E-state index contributed by atoms with van der Waals surface area (Å²) in [6, 6.07) is 8.23. The molecule has 0 fully saturated rings. The van der Waals surface area contributed by atoms with Crippen LogP contribution in [-0.2, 0) is 7.05 Å². The van der Waals surface area contributed by atoms with Crippen LogP contribution in [0.1, 0.15) is 42.7 Å². The highest BCUT2D eigenvalue weighted by Gasteiger charge is 2.13. The molecule has 2 nitrogen and oxygen atoms in total. The molecule has 0 aliphatic heterocycles. The Balaban J connectivity index is 2.82. The van der Waals surface area contributed by atoms with E-state index < -0.39 is 0 Å². The second-order valence-corrected chi connectivity index (χ2v) is 4.58. The number of carbonyl (C=O) groups excluding carboxylic acids is 1. The van der Waals surface area contributed by atoms with E-state index >= 15 is 0 Å². The van der Waals surface area contributed by atoms with E-state index in [0.717, 1.165) is 11.1 Å². The zero-order chi connectivity index (χ0) is 11.9. The van der Waals surface area contributed by atoms with E-state index in [1.807, 2.05) is 17.7 Å². The van der Waals surface area contributed by atoms with Crippen molar-refractivity contribution in [2.24, 2.45) is 7.05 Å². The number of aromatic nitrogens is 1. The number of Topliss-reactive ketones (excluding diaryl/α,β-unsaturated/α-hetero) is 1. The molecule has 0 aliphatic carbocycles. The minimum atomic E-state index is 0.119. The van der Waals surface area contributed by atoms with E-state index in [1.165, 1.54) is 11.1 Å². The molecule has 16 heavy (non-hydrogen) atoms. The highest BCUT2D eigenvalue weighted by atomic mass is 16.1. The number of hydrogen-bond donors (Lipinski definition) is 0. The fourth-order valence-electron chi connectivity index (χ4n) is 2.25. The average molecular weight is 215 g/mol. The Labute approximate surface area is 95.9 Å². The van der Waals surface area contributed by atoms with Gasteiger partial charge >= 0.3 is 0 Å². The summed E-state index contributed by atoms with van der Waals surface area (Å²) in [5.41, 5.74) is 3.26. The standard InChI is InChI=1S/C14H17NO/c1-9(2)12-7-5-6-11-8-13(10(3)16)15(4)14(11)12/h5-9H,1-4H3. The van der Waals surface area contributed by atoms with Gasteiger partial charge in [-0.05, 0) is 17.5 Å². The van der Waals surface area contributed by atoms with Gasteiger partial charge in [0, 0.05) is 19.4 Å². The molecule has 2 aromatic rings. The minimum Gasteiger partial charge on any atom is -0.341 e. The van der Waals surface area contributed by atoms with Gasteiger partial charge < -0.3 is 4.57 Å². The van der Waals surface area contributed by atoms with Crippen molar-refractivity contribution in [3.63, 3.8) is 0 Å². The lowest BCUT2D eigenvalue weighted by Gasteiger charge is -2.10. The lowest BCUT2D eigenvalue weighted by molar-refractivity contribution is 0.101. The minimum absolute atomic E-state index is 0.119. The van der Waals surface area contributed by atoms with E-state index in [1.54, 1.807) is 6.92 Å². The van der Waals surface area contributed by atoms with Gasteiger partial charge in [0.1, 0.15) is 0 Å². The van der Waals surface area contributed by atoms with E-state index in [9.17, 15) is 4.79 Å². The molecule has 0 amide bonds. The predicted molar refractivity (Wildman–Crippen MR) is 67.0 cm³/mol. The molecule has 1 aromatic heterocycles. The topological polar surface area (TPSA) is 22.0 Å². The summed E-state index contributed by atoms with van der Waals surface area (Å²) in [6.07, 6.45) is 0. The van der Waals surface area contributed by atoms with E-state index in [4.69, 9.17) is 0 Å². The zero-order valence-corrected chi connectivity index (χ0v) is 10.2. The van der Waals surface area contributed by atoms with Crippen molar-refractivity contribution in [3.8, 4) is 0 Å². The van der Waals surface area contributed by atoms with Crippen LogP contribution in [0.5, 0.6) is 0 Å². The summed E-state index contributed by atoms with van der Waals surface area (Å²) < 4.78 is 2.01. The summed E-state index contributed by atoms with van der Waals surface area (Å²) in [6.45, 7) is 5.97. The Morgan fingerprint density at radius 1 is 1.31 bits per heavy atom. The molecule has 0 N–H and O–H groups in total. The van der Waals surface area contributed by atoms with Crippen molar-refractivity contribution in [2.45, 2.75) is 26.7 Å². The van der Waals surface area contributed by atoms with Gasteiger partial charge in [-0.3, -0.25) is 4.79 Å². The fourth-order valence-corrected chi connectivity index (χ4v) is 2.25. The van der Waals surface area contributed by atoms with Crippen LogP contribution in [0, 0.1) is 0 Å². The third kappa shape index (κ3) is 1.54. The highest BCUT2D eigenvalue weighted by molar-refractivity contribution is 5.99.